The summed E-state index contributed by atoms with van der Waals surface area (Å²) in [6.07, 6.45) is 0.482. The Kier molecular flexibility index (Phi) is 7.80. The molecule has 0 aromatic heterocycles. The Bertz CT molecular complexity index is 579. The fraction of sp³-hybridized carbons (Fsp3) is 0.400. The van der Waals surface area contributed by atoms with Gasteiger partial charge in [0.2, 0.25) is 0 Å². The number of carbonyl (C=O) groups excluding carboxylic acids is 1. The van der Waals surface area contributed by atoms with Crippen molar-refractivity contribution in [3.63, 3.8) is 0 Å². The average molecular weight is 362 g/mol. The Balaban J connectivity index is 2.66. The number of ether oxygens (including phenoxy) is 1. The van der Waals surface area contributed by atoms with Gasteiger partial charge in [-0.15, -0.1) is 13.2 Å². The maximum Gasteiger partial charge on any atom is 0.373 e. The molecule has 0 aliphatic carbocycles. The van der Waals surface area contributed by atoms with Crippen LogP contribution in [0.25, 0.3) is 0 Å². The van der Waals surface area contributed by atoms with E-state index < -0.39 is 14.0 Å². The van der Waals surface area contributed by atoms with Crippen molar-refractivity contribution in [2.75, 3.05) is 6.61 Å². The lowest BCUT2D eigenvalue weighted by atomic mass is 10.2. The van der Waals surface area contributed by atoms with Gasteiger partial charge in [-0.3, -0.25) is 4.89 Å². The summed E-state index contributed by atoms with van der Waals surface area (Å²) in [5, 5.41) is 1.17. The lowest BCUT2D eigenvalue weighted by Crippen LogP contribution is -2.43. The molecule has 0 N–H and O–H groups in total. The highest BCUT2D eigenvalue weighted by Crippen LogP contribution is 2.15. The van der Waals surface area contributed by atoms with Gasteiger partial charge in [-0.1, -0.05) is 35.6 Å². The van der Waals surface area contributed by atoms with E-state index in [1.54, 1.807) is 19.1 Å². The lowest BCUT2D eigenvalue weighted by Gasteiger charge is -2.23. The summed E-state index contributed by atoms with van der Waals surface area (Å²) in [4.78, 5) is 22.0. The summed E-state index contributed by atoms with van der Waals surface area (Å²) >= 11 is 0. The first kappa shape index (κ1) is 21.3. The number of hydrogen-bond donors (Lipinski definition) is 0. The highest BCUT2D eigenvalue weighted by molar-refractivity contribution is 6.99. The molecule has 1 aromatic rings. The van der Waals surface area contributed by atoms with Crippen LogP contribution in [0.4, 0.5) is 0 Å². The highest BCUT2D eigenvalue weighted by Gasteiger charge is 2.26. The van der Waals surface area contributed by atoms with Crippen molar-refractivity contribution < 1.29 is 19.3 Å². The molecule has 0 aliphatic rings. The maximum atomic E-state index is 12.1. The second kappa shape index (κ2) is 9.13. The van der Waals surface area contributed by atoms with Gasteiger partial charge in [0.1, 0.15) is 8.07 Å². The monoisotopic (exact) mass is 361 g/mol. The Morgan fingerprint density at radius 3 is 2.12 bits per heavy atom. The molecule has 0 aliphatic heterocycles. The maximum absolute atomic E-state index is 12.1. The van der Waals surface area contributed by atoms with Crippen LogP contribution >= 0.6 is 0 Å². The minimum Gasteiger partial charge on any atom is -0.373 e. The zero-order chi connectivity index (χ0) is 19.1. The summed E-state index contributed by atoms with van der Waals surface area (Å²) in [6, 6.07) is 8.34. The van der Waals surface area contributed by atoms with Gasteiger partial charge in [0.15, 0.2) is 6.10 Å². The predicted octanol–water partition coefficient (Wildman–Crippen LogP) is 4.27. The van der Waals surface area contributed by atoms with Gasteiger partial charge in [-0.2, -0.15) is 4.89 Å². The average Bonchev–Trinajstić information content (AvgIpc) is 2.60. The van der Waals surface area contributed by atoms with Gasteiger partial charge in [0.25, 0.3) is 0 Å². The quantitative estimate of drug-likeness (QED) is 0.374. The van der Waals surface area contributed by atoms with E-state index >= 15 is 0 Å². The summed E-state index contributed by atoms with van der Waals surface area (Å²) in [6.45, 7) is 17.8. The molecule has 0 spiro atoms. The first-order chi connectivity index (χ1) is 11.7. The van der Waals surface area contributed by atoms with Crippen LogP contribution in [0.2, 0.25) is 6.04 Å². The molecule has 1 aromatic carbocycles. The molecule has 0 saturated heterocycles. The molecular weight excluding hydrogens is 332 g/mol. The molecule has 0 bridgehead atoms. The normalized spacial score (nSPS) is 12.1. The van der Waals surface area contributed by atoms with Crippen molar-refractivity contribution in [3.8, 4) is 0 Å². The van der Waals surface area contributed by atoms with Crippen LogP contribution in [0.5, 0.6) is 0 Å². The highest BCUT2D eigenvalue weighted by atomic mass is 28.3. The van der Waals surface area contributed by atoms with E-state index in [-0.39, 0.29) is 12.2 Å². The Morgan fingerprint density at radius 2 is 1.68 bits per heavy atom. The topological polar surface area (TPSA) is 44.8 Å². The largest absolute Gasteiger partial charge is 0.373 e. The summed E-state index contributed by atoms with van der Waals surface area (Å²) < 4.78 is 5.55. The van der Waals surface area contributed by atoms with Crippen molar-refractivity contribution in [2.45, 2.75) is 46.3 Å². The van der Waals surface area contributed by atoms with Crippen LogP contribution in [0.1, 0.15) is 45.0 Å². The van der Waals surface area contributed by atoms with Gasteiger partial charge in [0.05, 0.1) is 17.8 Å². The van der Waals surface area contributed by atoms with E-state index in [9.17, 15) is 4.79 Å². The summed E-state index contributed by atoms with van der Waals surface area (Å²) in [7, 11) is -1.89. The van der Waals surface area contributed by atoms with E-state index in [0.717, 1.165) is 6.04 Å². The van der Waals surface area contributed by atoms with Gasteiger partial charge < -0.3 is 4.74 Å². The number of benzene rings is 1. The second-order valence-corrected chi connectivity index (χ2v) is 11.1. The van der Waals surface area contributed by atoms with Crippen molar-refractivity contribution in [1.29, 1.82) is 0 Å². The van der Waals surface area contributed by atoms with Gasteiger partial charge >= 0.3 is 5.97 Å². The first-order valence-electron chi connectivity index (χ1n) is 8.40. The van der Waals surface area contributed by atoms with Gasteiger partial charge in [-0.25, -0.2) is 4.79 Å². The second-order valence-electron chi connectivity index (χ2n) is 6.94. The fourth-order valence-corrected chi connectivity index (χ4v) is 4.64. The fourth-order valence-electron chi connectivity index (χ4n) is 2.23. The number of rotatable bonds is 9. The zero-order valence-corrected chi connectivity index (χ0v) is 16.9. The molecular formula is C20H29O4Si. The third-order valence-corrected chi connectivity index (χ3v) is 7.97. The van der Waals surface area contributed by atoms with Crippen LogP contribution in [0.3, 0.4) is 0 Å². The van der Waals surface area contributed by atoms with Crippen molar-refractivity contribution >= 4 is 19.2 Å². The molecule has 5 heteroatoms. The zero-order valence-electron chi connectivity index (χ0n) is 15.9. The van der Waals surface area contributed by atoms with Crippen molar-refractivity contribution in [1.82, 2.24) is 0 Å². The third-order valence-electron chi connectivity index (χ3n) is 3.94. The Hall–Kier alpha value is -1.69. The number of carbonyl (C=O) groups is 1. The molecule has 0 amide bonds. The Morgan fingerprint density at radius 1 is 1.12 bits per heavy atom. The van der Waals surface area contributed by atoms with Gasteiger partial charge in [0, 0.05) is 0 Å². The van der Waals surface area contributed by atoms with E-state index in [2.05, 4.69) is 20.1 Å². The van der Waals surface area contributed by atoms with E-state index in [0.29, 0.717) is 11.7 Å². The van der Waals surface area contributed by atoms with Crippen LogP contribution < -0.4 is 5.19 Å². The van der Waals surface area contributed by atoms with Crippen molar-refractivity contribution in [2.24, 2.45) is 0 Å². The predicted molar refractivity (Wildman–Crippen MR) is 104 cm³/mol. The lowest BCUT2D eigenvalue weighted by molar-refractivity contribution is -0.242. The first-order valence-corrected chi connectivity index (χ1v) is 10.8. The molecule has 0 fully saturated rings. The summed E-state index contributed by atoms with van der Waals surface area (Å²) in [5.74, 6) is -0.539. The van der Waals surface area contributed by atoms with Crippen molar-refractivity contribution in [3.05, 3.63) is 60.5 Å². The molecule has 0 atom stereocenters. The summed E-state index contributed by atoms with van der Waals surface area (Å²) in [5.41, 5.74) is 4.16. The molecule has 1 rings (SSSR count). The van der Waals surface area contributed by atoms with E-state index in [1.165, 1.54) is 5.19 Å². The molecule has 1 radical (unpaired) electrons. The number of hydrogen-bond acceptors (Lipinski definition) is 4. The molecule has 4 nitrogen and oxygen atoms in total. The van der Waals surface area contributed by atoms with Crippen LogP contribution in [0.15, 0.2) is 48.8 Å². The Labute approximate surface area is 152 Å². The molecule has 0 heterocycles. The third kappa shape index (κ3) is 6.27. The molecule has 0 saturated carbocycles. The van der Waals surface area contributed by atoms with Crippen LogP contribution in [0, 0.1) is 6.10 Å². The molecule has 25 heavy (non-hydrogen) atoms. The minimum absolute atomic E-state index is 0.263. The van der Waals surface area contributed by atoms with E-state index in [1.807, 2.05) is 44.3 Å². The van der Waals surface area contributed by atoms with Gasteiger partial charge in [-0.05, 0) is 45.9 Å². The molecule has 137 valence electrons. The van der Waals surface area contributed by atoms with E-state index in [4.69, 9.17) is 14.5 Å². The molecule has 0 unspecified atom stereocenters. The van der Waals surface area contributed by atoms with Crippen LogP contribution in [-0.2, 0) is 14.5 Å². The SMILES string of the molecule is C=C[Si](C=C)(CC)c1ccc(C(=O)OO[C](C)COC(C)(C)C)cc1. The minimum atomic E-state index is -1.89. The smallest absolute Gasteiger partial charge is 0.373 e. The standard InChI is InChI=1S/C20H29O4Si/c1-8-25(9-2,10-3)18-13-11-17(12-14-18)19(21)24-23-16(4)15-22-20(5,6)7/h8-9,11-14H,1-2,10,15H2,3-7H3. The van der Waals surface area contributed by atoms with Crippen LogP contribution in [-0.4, -0.2) is 26.3 Å².